The summed E-state index contributed by atoms with van der Waals surface area (Å²) in [5.74, 6) is 0.905. The molecule has 3 aliphatic heterocycles. The summed E-state index contributed by atoms with van der Waals surface area (Å²) in [6, 6.07) is 0. The average molecular weight is 254 g/mol. The summed E-state index contributed by atoms with van der Waals surface area (Å²) < 4.78 is 5.82. The van der Waals surface area contributed by atoms with Crippen molar-refractivity contribution in [2.24, 2.45) is 10.7 Å². The Balaban J connectivity index is 1.73. The first kappa shape index (κ1) is 11.7. The number of aliphatic hydroxyl groups is 1. The summed E-state index contributed by atoms with van der Waals surface area (Å²) in [7, 11) is 0. The predicted molar refractivity (Wildman–Crippen MR) is 65.1 cm³/mol. The number of morpholine rings is 1. The first-order valence-electron chi connectivity index (χ1n) is 6.05. The number of nitrogens with two attached hydrogens (primary N) is 1. The van der Waals surface area contributed by atoms with Crippen LogP contribution in [0.3, 0.4) is 0 Å². The molecule has 100 valence electrons. The zero-order chi connectivity index (χ0) is 12.5. The minimum Gasteiger partial charge on any atom is -0.394 e. The lowest BCUT2D eigenvalue weighted by Crippen LogP contribution is -2.54. The maximum atomic E-state index is 9.16. The molecule has 0 spiro atoms. The van der Waals surface area contributed by atoms with Crippen LogP contribution in [0.2, 0.25) is 0 Å². The van der Waals surface area contributed by atoms with E-state index in [9.17, 15) is 0 Å². The molecule has 8 nitrogen and oxygen atoms in total. The van der Waals surface area contributed by atoms with Gasteiger partial charge in [-0.1, -0.05) is 0 Å². The number of aliphatic hydroxyl groups excluding tert-OH is 1. The van der Waals surface area contributed by atoms with Crippen LogP contribution < -0.4 is 21.7 Å². The molecule has 0 aliphatic carbocycles. The van der Waals surface area contributed by atoms with E-state index in [1.807, 2.05) is 0 Å². The van der Waals surface area contributed by atoms with Crippen LogP contribution in [0, 0.1) is 0 Å². The Kier molecular flexibility index (Phi) is 3.08. The molecule has 3 aliphatic rings. The van der Waals surface area contributed by atoms with E-state index in [1.54, 1.807) is 6.34 Å². The molecule has 1 saturated heterocycles. The van der Waals surface area contributed by atoms with Gasteiger partial charge in [0.1, 0.15) is 18.2 Å². The molecule has 8 heteroatoms. The van der Waals surface area contributed by atoms with E-state index in [0.29, 0.717) is 19.8 Å². The Labute approximate surface area is 105 Å². The zero-order valence-corrected chi connectivity index (χ0v) is 9.97. The number of hydrogen-bond acceptors (Lipinski definition) is 8. The largest absolute Gasteiger partial charge is 0.394 e. The highest BCUT2D eigenvalue weighted by Crippen LogP contribution is 2.21. The Morgan fingerprint density at radius 1 is 1.56 bits per heavy atom. The third-order valence-corrected chi connectivity index (χ3v) is 3.31. The fraction of sp³-hybridized carbons (Fsp3) is 0.700. The van der Waals surface area contributed by atoms with Crippen molar-refractivity contribution in [3.63, 3.8) is 0 Å². The molecule has 3 atom stereocenters. The normalized spacial score (nSPS) is 35.2. The molecular weight excluding hydrogens is 236 g/mol. The second-order valence-electron chi connectivity index (χ2n) is 4.49. The van der Waals surface area contributed by atoms with Gasteiger partial charge in [0.05, 0.1) is 31.4 Å². The van der Waals surface area contributed by atoms with Crippen LogP contribution in [0.15, 0.2) is 16.5 Å². The Hall–Kier alpha value is -1.35. The van der Waals surface area contributed by atoms with Gasteiger partial charge in [0.2, 0.25) is 0 Å². The van der Waals surface area contributed by atoms with Gasteiger partial charge in [0, 0.05) is 13.1 Å². The molecule has 3 heterocycles. The molecule has 1 fully saturated rings. The minimum atomic E-state index is -0.351. The number of nitrogens with zero attached hydrogens (tertiary/aromatic N) is 2. The van der Waals surface area contributed by atoms with Gasteiger partial charge < -0.3 is 36.4 Å². The van der Waals surface area contributed by atoms with E-state index in [4.69, 9.17) is 15.6 Å². The fourth-order valence-corrected chi connectivity index (χ4v) is 2.37. The second-order valence-corrected chi connectivity index (χ2v) is 4.49. The Bertz CT molecular complexity index is 385. The first-order chi connectivity index (χ1) is 8.79. The van der Waals surface area contributed by atoms with Gasteiger partial charge in [-0.25, -0.2) is 0 Å². The summed E-state index contributed by atoms with van der Waals surface area (Å²) in [5, 5.41) is 18.7. The average Bonchev–Trinajstić information content (AvgIpc) is 2.84. The van der Waals surface area contributed by atoms with Gasteiger partial charge in [0.25, 0.3) is 0 Å². The molecule has 0 radical (unpaired) electrons. The Morgan fingerprint density at radius 2 is 2.44 bits per heavy atom. The summed E-state index contributed by atoms with van der Waals surface area (Å²) >= 11 is 0. The lowest BCUT2D eigenvalue weighted by molar-refractivity contribution is -0.119. The van der Waals surface area contributed by atoms with E-state index in [1.165, 1.54) is 0 Å². The standard InChI is InChI=1S/C10H18N6O2/c11-9-8-10(14-4-13-9)16(5-15-8)7-2-12-1-6(3-17)18-7/h4,6-7,9,12,15,17H,1-3,5,11H2,(H,13,14). The summed E-state index contributed by atoms with van der Waals surface area (Å²) in [5.41, 5.74) is 6.77. The number of ether oxygens (including phenoxy) is 1. The van der Waals surface area contributed by atoms with Crippen molar-refractivity contribution in [2.75, 3.05) is 26.4 Å². The van der Waals surface area contributed by atoms with E-state index < -0.39 is 0 Å². The van der Waals surface area contributed by atoms with Crippen molar-refractivity contribution in [1.29, 1.82) is 0 Å². The molecule has 0 aromatic heterocycles. The van der Waals surface area contributed by atoms with Gasteiger partial charge in [-0.15, -0.1) is 0 Å². The van der Waals surface area contributed by atoms with Crippen LogP contribution in [0.4, 0.5) is 0 Å². The van der Waals surface area contributed by atoms with Crippen molar-refractivity contribution in [3.8, 4) is 0 Å². The van der Waals surface area contributed by atoms with Gasteiger partial charge in [0.15, 0.2) is 0 Å². The molecule has 6 N–H and O–H groups in total. The van der Waals surface area contributed by atoms with Crippen molar-refractivity contribution >= 4 is 6.34 Å². The fourth-order valence-electron chi connectivity index (χ4n) is 2.37. The smallest absolute Gasteiger partial charge is 0.145 e. The van der Waals surface area contributed by atoms with E-state index in [-0.39, 0.29) is 25.1 Å². The summed E-state index contributed by atoms with van der Waals surface area (Å²) in [6.45, 7) is 2.03. The molecule has 0 aromatic rings. The zero-order valence-electron chi connectivity index (χ0n) is 9.97. The first-order valence-corrected chi connectivity index (χ1v) is 6.05. The molecule has 3 unspecified atom stereocenters. The van der Waals surface area contributed by atoms with Gasteiger partial charge in [-0.3, -0.25) is 4.99 Å². The number of rotatable bonds is 2. The molecule has 0 saturated carbocycles. The molecule has 0 bridgehead atoms. The highest BCUT2D eigenvalue weighted by molar-refractivity contribution is 5.61. The highest BCUT2D eigenvalue weighted by atomic mass is 16.5. The van der Waals surface area contributed by atoms with Crippen LogP contribution in [0.1, 0.15) is 0 Å². The van der Waals surface area contributed by atoms with E-state index in [2.05, 4.69) is 25.8 Å². The summed E-state index contributed by atoms with van der Waals surface area (Å²) in [6.07, 6.45) is 0.960. The monoisotopic (exact) mass is 254 g/mol. The number of nitrogens with one attached hydrogen (secondary N) is 3. The van der Waals surface area contributed by atoms with Crippen molar-refractivity contribution in [2.45, 2.75) is 18.5 Å². The topological polar surface area (TPSA) is 107 Å². The highest BCUT2D eigenvalue weighted by Gasteiger charge is 2.35. The third-order valence-electron chi connectivity index (χ3n) is 3.31. The van der Waals surface area contributed by atoms with Crippen LogP contribution in [0.25, 0.3) is 0 Å². The molecule has 18 heavy (non-hydrogen) atoms. The maximum absolute atomic E-state index is 9.16. The van der Waals surface area contributed by atoms with Crippen molar-refractivity contribution < 1.29 is 9.84 Å². The van der Waals surface area contributed by atoms with Crippen LogP contribution in [-0.2, 0) is 4.74 Å². The Morgan fingerprint density at radius 3 is 3.28 bits per heavy atom. The quantitative estimate of drug-likeness (QED) is 0.363. The van der Waals surface area contributed by atoms with Gasteiger partial charge in [-0.2, -0.15) is 0 Å². The van der Waals surface area contributed by atoms with Gasteiger partial charge in [-0.05, 0) is 0 Å². The molecule has 3 rings (SSSR count). The summed E-state index contributed by atoms with van der Waals surface area (Å²) in [4.78, 5) is 6.13. The van der Waals surface area contributed by atoms with Crippen LogP contribution in [-0.4, -0.2) is 61.2 Å². The molecule has 0 amide bonds. The number of aliphatic imine (C=N–C) groups is 1. The third kappa shape index (κ3) is 1.93. The van der Waals surface area contributed by atoms with Gasteiger partial charge >= 0.3 is 0 Å². The van der Waals surface area contributed by atoms with Crippen LogP contribution in [0.5, 0.6) is 0 Å². The lowest BCUT2D eigenvalue weighted by Gasteiger charge is -2.37. The second kappa shape index (κ2) is 4.73. The molecule has 0 aromatic carbocycles. The lowest BCUT2D eigenvalue weighted by atomic mass is 10.3. The van der Waals surface area contributed by atoms with Crippen molar-refractivity contribution in [1.82, 2.24) is 20.9 Å². The predicted octanol–water partition coefficient (Wildman–Crippen LogP) is -2.76. The number of hydrogen-bond donors (Lipinski definition) is 5. The molecular formula is C10H18N6O2. The van der Waals surface area contributed by atoms with Crippen molar-refractivity contribution in [3.05, 3.63) is 11.5 Å². The minimum absolute atomic E-state index is 0.0189. The maximum Gasteiger partial charge on any atom is 0.145 e. The van der Waals surface area contributed by atoms with Crippen LogP contribution >= 0.6 is 0 Å². The van der Waals surface area contributed by atoms with E-state index >= 15 is 0 Å². The SMILES string of the molecule is NC1N=CNC2=C1NCN2C1CNCC(CO)O1. The van der Waals surface area contributed by atoms with E-state index in [0.717, 1.165) is 11.5 Å².